The summed E-state index contributed by atoms with van der Waals surface area (Å²) >= 11 is 10.4. The van der Waals surface area contributed by atoms with Gasteiger partial charge in [-0.15, -0.1) is 0 Å². The molecular formula is C30H38BrClN8O5S. The van der Waals surface area contributed by atoms with E-state index in [0.717, 1.165) is 68.4 Å². The van der Waals surface area contributed by atoms with Crippen LogP contribution in [-0.2, 0) is 10.0 Å². The van der Waals surface area contributed by atoms with Crippen molar-refractivity contribution in [2.45, 2.75) is 18.9 Å². The molecule has 6 rings (SSSR count). The number of piperazine rings is 1. The van der Waals surface area contributed by atoms with Crippen molar-refractivity contribution in [2.75, 3.05) is 93.4 Å². The van der Waals surface area contributed by atoms with Crippen LogP contribution in [0.15, 0.2) is 34.9 Å². The molecule has 0 spiro atoms. The van der Waals surface area contributed by atoms with Crippen LogP contribution in [0, 0.1) is 0 Å². The van der Waals surface area contributed by atoms with Crippen LogP contribution in [-0.4, -0.2) is 108 Å². The molecule has 0 bridgehead atoms. The van der Waals surface area contributed by atoms with Crippen LogP contribution >= 0.6 is 27.5 Å². The number of fused-ring (bicyclic) bond motifs is 1. The second-order valence-electron chi connectivity index (χ2n) is 11.6. The van der Waals surface area contributed by atoms with Gasteiger partial charge in [0.05, 0.1) is 39.9 Å². The molecule has 0 unspecified atom stereocenters. The summed E-state index contributed by atoms with van der Waals surface area (Å²) in [6.07, 6.45) is 4.90. The molecule has 0 atom stereocenters. The first-order valence-corrected chi connectivity index (χ1v) is 18.0. The molecule has 1 aromatic heterocycles. The van der Waals surface area contributed by atoms with Gasteiger partial charge in [-0.3, -0.25) is 9.21 Å². The lowest BCUT2D eigenvalue weighted by Gasteiger charge is -2.42. The van der Waals surface area contributed by atoms with Gasteiger partial charge in [0, 0.05) is 64.6 Å². The van der Waals surface area contributed by atoms with Gasteiger partial charge in [-0.25, -0.2) is 13.4 Å². The number of rotatable bonds is 9. The molecule has 3 aliphatic rings. The van der Waals surface area contributed by atoms with Crippen LogP contribution in [0.25, 0.3) is 0 Å². The molecule has 0 radical (unpaired) electrons. The molecule has 2 aromatic carbocycles. The Labute approximate surface area is 282 Å². The summed E-state index contributed by atoms with van der Waals surface area (Å²) in [5.41, 5.74) is 2.29. The maximum absolute atomic E-state index is 12.5. The van der Waals surface area contributed by atoms with E-state index in [2.05, 4.69) is 58.3 Å². The van der Waals surface area contributed by atoms with Crippen molar-refractivity contribution in [2.24, 2.45) is 0 Å². The van der Waals surface area contributed by atoms with E-state index in [-0.39, 0.29) is 12.7 Å². The zero-order chi connectivity index (χ0) is 32.6. The summed E-state index contributed by atoms with van der Waals surface area (Å²) in [6, 6.07) is 7.81. The molecule has 46 heavy (non-hydrogen) atoms. The van der Waals surface area contributed by atoms with E-state index in [1.165, 1.54) is 7.05 Å². The van der Waals surface area contributed by atoms with E-state index in [0.29, 0.717) is 55.7 Å². The Morgan fingerprint density at radius 2 is 1.80 bits per heavy atom. The topological polar surface area (TPSA) is 125 Å². The van der Waals surface area contributed by atoms with Gasteiger partial charge in [0.15, 0.2) is 11.5 Å². The van der Waals surface area contributed by atoms with E-state index < -0.39 is 10.0 Å². The van der Waals surface area contributed by atoms with E-state index in [1.54, 1.807) is 25.4 Å². The van der Waals surface area contributed by atoms with Crippen LogP contribution in [0.5, 0.6) is 17.2 Å². The number of aromatic nitrogens is 2. The van der Waals surface area contributed by atoms with E-state index in [9.17, 15) is 8.42 Å². The monoisotopic (exact) mass is 736 g/mol. The predicted molar refractivity (Wildman–Crippen MR) is 184 cm³/mol. The van der Waals surface area contributed by atoms with Gasteiger partial charge < -0.3 is 34.6 Å². The highest BCUT2D eigenvalue weighted by atomic mass is 79.9. The molecule has 2 saturated heterocycles. The number of nitrogens with zero attached hydrogens (tertiary/aromatic N) is 6. The second kappa shape index (κ2) is 13.5. The molecule has 3 aliphatic heterocycles. The smallest absolute Gasteiger partial charge is 0.232 e. The Morgan fingerprint density at radius 3 is 2.50 bits per heavy atom. The molecule has 16 heteroatoms. The fraction of sp³-hybridized carbons (Fsp3) is 0.467. The van der Waals surface area contributed by atoms with E-state index >= 15 is 0 Å². The summed E-state index contributed by atoms with van der Waals surface area (Å²) < 4.78 is 43.6. The van der Waals surface area contributed by atoms with Crippen molar-refractivity contribution in [1.82, 2.24) is 19.8 Å². The zero-order valence-corrected chi connectivity index (χ0v) is 29.4. The maximum Gasteiger partial charge on any atom is 0.232 e. The average molecular weight is 738 g/mol. The summed E-state index contributed by atoms with van der Waals surface area (Å²) in [5, 5.41) is 7.06. The van der Waals surface area contributed by atoms with Crippen LogP contribution in [0.4, 0.5) is 34.5 Å². The first-order chi connectivity index (χ1) is 22.0. The van der Waals surface area contributed by atoms with Gasteiger partial charge >= 0.3 is 0 Å². The predicted octanol–water partition coefficient (Wildman–Crippen LogP) is 4.73. The Morgan fingerprint density at radius 1 is 1.07 bits per heavy atom. The Bertz CT molecular complexity index is 1700. The largest absolute Gasteiger partial charge is 0.494 e. The highest BCUT2D eigenvalue weighted by Gasteiger charge is 2.29. The molecule has 0 saturated carbocycles. The summed E-state index contributed by atoms with van der Waals surface area (Å²) in [4.78, 5) is 16.4. The number of nitrogens with one attached hydrogen (secondary N) is 2. The van der Waals surface area contributed by atoms with Crippen molar-refractivity contribution in [3.63, 3.8) is 0 Å². The minimum absolute atomic E-state index is 0.00721. The Hall–Kier alpha value is -3.24. The molecule has 248 valence electrons. The summed E-state index contributed by atoms with van der Waals surface area (Å²) in [5.74, 6) is 2.05. The number of halogens is 2. The Kier molecular flexibility index (Phi) is 9.57. The molecule has 0 amide bonds. The number of anilines is 6. The van der Waals surface area contributed by atoms with Crippen molar-refractivity contribution >= 4 is 72.1 Å². The highest BCUT2D eigenvalue weighted by molar-refractivity contribution is 9.10. The third kappa shape index (κ3) is 6.88. The van der Waals surface area contributed by atoms with Gasteiger partial charge in [0.25, 0.3) is 0 Å². The van der Waals surface area contributed by atoms with Crippen LogP contribution in [0.1, 0.15) is 12.8 Å². The minimum Gasteiger partial charge on any atom is -0.494 e. The fourth-order valence-corrected chi connectivity index (χ4v) is 7.10. The SMILES string of the molecule is COc1cc(N2CCC(N3CCN(C)CC3)CC2)c(Cl)cc1Nc1ncc(Br)c(Nc2ccc3c(c2N(C)S(C)(=O)=O)OCO3)n1. The number of benzene rings is 2. The van der Waals surface area contributed by atoms with Gasteiger partial charge in [-0.1, -0.05) is 11.6 Å². The number of hydrogen-bond donors (Lipinski definition) is 2. The zero-order valence-electron chi connectivity index (χ0n) is 26.2. The number of methoxy groups -OCH3 is 1. The van der Waals surface area contributed by atoms with Crippen molar-refractivity contribution in [3.05, 3.63) is 40.0 Å². The first kappa shape index (κ1) is 32.7. The third-order valence-corrected chi connectivity index (χ3v) is 10.8. The lowest BCUT2D eigenvalue weighted by molar-refractivity contribution is 0.0982. The number of ether oxygens (including phenoxy) is 3. The molecule has 13 nitrogen and oxygen atoms in total. The van der Waals surface area contributed by atoms with E-state index in [1.807, 2.05) is 12.1 Å². The van der Waals surface area contributed by atoms with Gasteiger partial charge in [-0.05, 0) is 54.0 Å². The van der Waals surface area contributed by atoms with Crippen molar-refractivity contribution in [1.29, 1.82) is 0 Å². The number of likely N-dealkylation sites (N-methyl/N-ethyl adjacent to an activating group) is 1. The normalized spacial score (nSPS) is 17.7. The highest BCUT2D eigenvalue weighted by Crippen LogP contribution is 2.47. The van der Waals surface area contributed by atoms with Crippen LogP contribution in [0.2, 0.25) is 5.02 Å². The van der Waals surface area contributed by atoms with Crippen LogP contribution in [0.3, 0.4) is 0 Å². The average Bonchev–Trinajstić information content (AvgIpc) is 3.51. The van der Waals surface area contributed by atoms with Crippen molar-refractivity contribution < 1.29 is 22.6 Å². The summed E-state index contributed by atoms with van der Waals surface area (Å²) in [6.45, 7) is 6.34. The molecule has 3 aromatic rings. The summed E-state index contributed by atoms with van der Waals surface area (Å²) in [7, 11) is 1.64. The molecule has 2 fully saturated rings. The second-order valence-corrected chi connectivity index (χ2v) is 14.9. The Balaban J connectivity index is 1.20. The molecule has 4 heterocycles. The maximum atomic E-state index is 12.5. The lowest BCUT2D eigenvalue weighted by Crippen LogP contribution is -2.52. The standard InChI is InChI=1S/C30H38BrClN8O5S/c1-37-11-13-39(14-12-37)19-7-9-40(10-8-19)24-16-26(43-3)23(15-21(24)32)35-30-33-17-20(31)29(36-30)34-22-5-6-25-28(45-18-44-25)27(22)38(2)46(4,41)42/h5-6,15-17,19H,7-14,18H2,1-4H3,(H2,33,34,35,36). The third-order valence-electron chi connectivity index (χ3n) is 8.70. The quantitative estimate of drug-likeness (QED) is 0.316. The van der Waals surface area contributed by atoms with Gasteiger partial charge in [-0.2, -0.15) is 4.98 Å². The number of piperidine rings is 1. The number of sulfonamides is 1. The van der Waals surface area contributed by atoms with Gasteiger partial charge in [0.2, 0.25) is 22.8 Å². The lowest BCUT2D eigenvalue weighted by atomic mass is 10.0. The van der Waals surface area contributed by atoms with Crippen molar-refractivity contribution in [3.8, 4) is 17.2 Å². The van der Waals surface area contributed by atoms with E-state index in [4.69, 9.17) is 25.8 Å². The molecular weight excluding hydrogens is 700 g/mol. The minimum atomic E-state index is -3.62. The first-order valence-electron chi connectivity index (χ1n) is 15.0. The number of hydrogen-bond acceptors (Lipinski definition) is 12. The molecule has 2 N–H and O–H groups in total. The van der Waals surface area contributed by atoms with Gasteiger partial charge in [0.1, 0.15) is 17.3 Å². The molecule has 0 aliphatic carbocycles. The van der Waals surface area contributed by atoms with Crippen LogP contribution < -0.4 is 34.0 Å². The fourth-order valence-electron chi connectivity index (χ4n) is 6.01.